The highest BCUT2D eigenvalue weighted by Gasteiger charge is 1.97. The monoisotopic (exact) mass is 288 g/mol. The van der Waals surface area contributed by atoms with Gasteiger partial charge in [-0.05, 0) is 25.8 Å². The zero-order valence-electron chi connectivity index (χ0n) is 13.0. The van der Waals surface area contributed by atoms with Crippen LogP contribution >= 0.6 is 0 Å². The van der Waals surface area contributed by atoms with Gasteiger partial charge in [0.05, 0.1) is 0 Å². The van der Waals surface area contributed by atoms with E-state index >= 15 is 0 Å². The molecular weight excluding hydrogens is 254 g/mol. The molecule has 3 N–H and O–H groups in total. The third-order valence-electron chi connectivity index (χ3n) is 3.74. The van der Waals surface area contributed by atoms with E-state index in [9.17, 15) is 5.21 Å². The van der Waals surface area contributed by atoms with Gasteiger partial charge >= 0.3 is 0 Å². The molecule has 0 aliphatic rings. The Balaban J connectivity index is 2.92. The molecule has 0 saturated carbocycles. The fraction of sp³-hybridized carbons (Fsp3) is 1.00. The Bertz CT molecular complexity index is 177. The van der Waals surface area contributed by atoms with E-state index in [1.54, 1.807) is 0 Å². The molecule has 0 saturated heterocycles. The molecule has 0 aromatic rings. The summed E-state index contributed by atoms with van der Waals surface area (Å²) in [5, 5.41) is 27.4. The van der Waals surface area contributed by atoms with Crippen LogP contribution < -0.4 is 5.48 Å². The molecule has 4 nitrogen and oxygen atoms in total. The molecule has 0 aromatic heterocycles. The number of unbranched alkanes of at least 4 members (excludes halogenated alkanes) is 12. The van der Waals surface area contributed by atoms with Gasteiger partial charge in [-0.1, -0.05) is 70.6 Å². The average Bonchev–Trinajstić information content (AvgIpc) is 2.43. The summed E-state index contributed by atoms with van der Waals surface area (Å²) < 4.78 is 0. The molecule has 0 aliphatic heterocycles. The SMILES string of the molecule is [O-]NCCCCCCCCCCCCCCCC(O)O. The molecule has 0 rings (SSSR count). The van der Waals surface area contributed by atoms with Crippen molar-refractivity contribution >= 4 is 0 Å². The molecule has 4 heteroatoms. The van der Waals surface area contributed by atoms with Crippen LogP contribution in [0, 0.1) is 5.21 Å². The largest absolute Gasteiger partial charge is 0.788 e. The quantitative estimate of drug-likeness (QED) is 0.229. The first-order valence-electron chi connectivity index (χ1n) is 8.48. The highest BCUT2D eigenvalue weighted by molar-refractivity contribution is 4.51. The Morgan fingerprint density at radius 1 is 0.600 bits per heavy atom. The molecule has 0 amide bonds. The zero-order chi connectivity index (χ0) is 14.9. The van der Waals surface area contributed by atoms with Gasteiger partial charge in [0.15, 0.2) is 6.29 Å². The summed E-state index contributed by atoms with van der Waals surface area (Å²) in [6.07, 6.45) is 15.4. The summed E-state index contributed by atoms with van der Waals surface area (Å²) in [4.78, 5) is 0. The van der Waals surface area contributed by atoms with Gasteiger partial charge in [-0.15, -0.1) is 0 Å². The van der Waals surface area contributed by atoms with E-state index in [2.05, 4.69) is 0 Å². The average molecular weight is 288 g/mol. The third-order valence-corrected chi connectivity index (χ3v) is 3.74. The minimum absolute atomic E-state index is 0.519. The Hall–Kier alpha value is -0.160. The Morgan fingerprint density at radius 3 is 1.30 bits per heavy atom. The predicted octanol–water partition coefficient (Wildman–Crippen LogP) is 3.85. The Kier molecular flexibility index (Phi) is 16.8. The van der Waals surface area contributed by atoms with Crippen LogP contribution in [0.25, 0.3) is 0 Å². The van der Waals surface area contributed by atoms with Crippen molar-refractivity contribution in [3.63, 3.8) is 0 Å². The first kappa shape index (κ1) is 19.8. The summed E-state index contributed by atoms with van der Waals surface area (Å²) in [5.74, 6) is 0. The summed E-state index contributed by atoms with van der Waals surface area (Å²) >= 11 is 0. The lowest BCUT2D eigenvalue weighted by Gasteiger charge is -2.06. The van der Waals surface area contributed by atoms with Crippen molar-refractivity contribution in [1.29, 1.82) is 0 Å². The molecule has 0 spiro atoms. The maximum absolute atomic E-state index is 10.0. The lowest BCUT2D eigenvalue weighted by molar-refractivity contribution is -0.0466. The highest BCUT2D eigenvalue weighted by Crippen LogP contribution is 2.13. The molecule has 0 unspecified atom stereocenters. The molecule has 0 heterocycles. The highest BCUT2D eigenvalue weighted by atomic mass is 16.5. The molecule has 0 atom stereocenters. The van der Waals surface area contributed by atoms with Crippen LogP contribution in [-0.4, -0.2) is 23.0 Å². The molecule has 0 radical (unpaired) electrons. The molecule has 0 fully saturated rings. The second-order valence-corrected chi connectivity index (χ2v) is 5.76. The number of hydrogen-bond donors (Lipinski definition) is 3. The number of rotatable bonds is 16. The van der Waals surface area contributed by atoms with Crippen molar-refractivity contribution in [2.75, 3.05) is 6.54 Å². The normalized spacial score (nSPS) is 11.4. The van der Waals surface area contributed by atoms with Crippen LogP contribution in [0.5, 0.6) is 0 Å². The molecule has 0 bridgehead atoms. The van der Waals surface area contributed by atoms with Crippen LogP contribution in [0.4, 0.5) is 0 Å². The van der Waals surface area contributed by atoms with Gasteiger partial charge in [0.25, 0.3) is 0 Å². The first-order valence-corrected chi connectivity index (χ1v) is 8.48. The van der Waals surface area contributed by atoms with Crippen molar-refractivity contribution in [3.8, 4) is 0 Å². The van der Waals surface area contributed by atoms with E-state index in [0.29, 0.717) is 13.0 Å². The van der Waals surface area contributed by atoms with Gasteiger partial charge in [0, 0.05) is 0 Å². The number of nitrogens with one attached hydrogen (secondary N) is 1. The second kappa shape index (κ2) is 16.9. The summed E-state index contributed by atoms with van der Waals surface area (Å²) in [6, 6.07) is 0. The minimum atomic E-state index is -1.12. The van der Waals surface area contributed by atoms with Gasteiger partial charge in [0.2, 0.25) is 0 Å². The maximum Gasteiger partial charge on any atom is 0.151 e. The fourth-order valence-corrected chi connectivity index (χ4v) is 2.47. The molecule has 122 valence electrons. The molecule has 0 aromatic carbocycles. The smallest absolute Gasteiger partial charge is 0.151 e. The van der Waals surface area contributed by atoms with Crippen LogP contribution in [0.1, 0.15) is 89.9 Å². The molecule has 0 aliphatic carbocycles. The summed E-state index contributed by atoms with van der Waals surface area (Å²) in [5.41, 5.74) is 1.94. The van der Waals surface area contributed by atoms with Crippen molar-refractivity contribution < 1.29 is 10.2 Å². The van der Waals surface area contributed by atoms with Crippen molar-refractivity contribution in [2.24, 2.45) is 0 Å². The second-order valence-electron chi connectivity index (χ2n) is 5.76. The molecular formula is C16H34NO3-. The van der Waals surface area contributed by atoms with Crippen LogP contribution in [0.15, 0.2) is 0 Å². The van der Waals surface area contributed by atoms with Gasteiger partial charge < -0.3 is 20.9 Å². The van der Waals surface area contributed by atoms with Crippen LogP contribution in [-0.2, 0) is 0 Å². The minimum Gasteiger partial charge on any atom is -0.788 e. The topological polar surface area (TPSA) is 75.5 Å². The van der Waals surface area contributed by atoms with Gasteiger partial charge in [-0.3, -0.25) is 0 Å². The van der Waals surface area contributed by atoms with E-state index in [1.165, 1.54) is 64.2 Å². The van der Waals surface area contributed by atoms with Crippen molar-refractivity contribution in [1.82, 2.24) is 5.48 Å². The maximum atomic E-state index is 10.0. The van der Waals surface area contributed by atoms with Crippen molar-refractivity contribution in [3.05, 3.63) is 5.21 Å². The van der Waals surface area contributed by atoms with E-state index < -0.39 is 6.29 Å². The zero-order valence-corrected chi connectivity index (χ0v) is 13.0. The fourth-order valence-electron chi connectivity index (χ4n) is 2.47. The lowest BCUT2D eigenvalue weighted by Crippen LogP contribution is -2.04. The number of hydroxylamine groups is 1. The number of aliphatic hydroxyl groups excluding tert-OH is 1. The van der Waals surface area contributed by atoms with Crippen molar-refractivity contribution in [2.45, 2.75) is 96.2 Å². The lowest BCUT2D eigenvalue weighted by atomic mass is 10.0. The van der Waals surface area contributed by atoms with E-state index in [-0.39, 0.29) is 0 Å². The Labute approximate surface area is 124 Å². The van der Waals surface area contributed by atoms with Crippen LogP contribution in [0.3, 0.4) is 0 Å². The van der Waals surface area contributed by atoms with Crippen LogP contribution in [0.2, 0.25) is 0 Å². The van der Waals surface area contributed by atoms with E-state index in [1.807, 2.05) is 5.48 Å². The molecule has 20 heavy (non-hydrogen) atoms. The Morgan fingerprint density at radius 2 is 0.950 bits per heavy atom. The first-order chi connectivity index (χ1) is 9.77. The van der Waals surface area contributed by atoms with Gasteiger partial charge in [-0.25, -0.2) is 0 Å². The van der Waals surface area contributed by atoms with E-state index in [0.717, 1.165) is 19.3 Å². The third kappa shape index (κ3) is 17.8. The standard InChI is InChI=1S/C16H34NO3/c18-16(19)14-12-10-8-6-4-2-1-3-5-7-9-11-13-15-17-20/h16-19H,1-15H2/q-1. The van der Waals surface area contributed by atoms with E-state index in [4.69, 9.17) is 10.2 Å². The number of aliphatic hydroxyl groups is 2. The van der Waals surface area contributed by atoms with Gasteiger partial charge in [0.1, 0.15) is 0 Å². The predicted molar refractivity (Wildman–Crippen MR) is 84.2 cm³/mol. The summed E-state index contributed by atoms with van der Waals surface area (Å²) in [6.45, 7) is 0.608. The summed E-state index contributed by atoms with van der Waals surface area (Å²) in [7, 11) is 0. The number of hydrogen-bond acceptors (Lipinski definition) is 4. The van der Waals surface area contributed by atoms with Gasteiger partial charge in [-0.2, -0.15) is 0 Å².